The lowest BCUT2D eigenvalue weighted by atomic mass is 9.74. The normalized spacial score (nSPS) is 21.4. The second kappa shape index (κ2) is 5.47. The summed E-state index contributed by atoms with van der Waals surface area (Å²) in [6.07, 6.45) is 3.34. The lowest BCUT2D eigenvalue weighted by Gasteiger charge is -2.44. The van der Waals surface area contributed by atoms with Gasteiger partial charge in [-0.1, -0.05) is 6.92 Å². The highest BCUT2D eigenvalue weighted by Gasteiger charge is 2.43. The molecule has 0 bridgehead atoms. The molecule has 1 aliphatic rings. The van der Waals surface area contributed by atoms with Crippen LogP contribution in [0.15, 0.2) is 0 Å². The van der Waals surface area contributed by atoms with Gasteiger partial charge in [-0.15, -0.1) is 0 Å². The van der Waals surface area contributed by atoms with Crippen LogP contribution in [0, 0.1) is 0 Å². The Labute approximate surface area is 97.9 Å². The fourth-order valence-corrected chi connectivity index (χ4v) is 3.00. The molecule has 5 heteroatoms. The van der Waals surface area contributed by atoms with Crippen molar-refractivity contribution in [3.05, 3.63) is 0 Å². The average molecular weight is 250 g/mol. The fourth-order valence-electron chi connectivity index (χ4n) is 2.10. The van der Waals surface area contributed by atoms with Crippen LogP contribution in [0.2, 0.25) is 0 Å². The van der Waals surface area contributed by atoms with E-state index < -0.39 is 21.5 Å². The monoisotopic (exact) mass is 250 g/mol. The molecule has 0 aromatic rings. The van der Waals surface area contributed by atoms with E-state index >= 15 is 0 Å². The molecule has 1 atom stereocenters. The third kappa shape index (κ3) is 3.18. The SMILES string of the molecule is CCS(=O)(=O)CCCC(O)C1(OC)CCC1. The molecule has 0 radical (unpaired) electrons. The summed E-state index contributed by atoms with van der Waals surface area (Å²) in [5.74, 6) is 0.346. The molecule has 0 aromatic heterocycles. The summed E-state index contributed by atoms with van der Waals surface area (Å²) in [7, 11) is -1.29. The molecule has 1 unspecified atom stereocenters. The molecule has 0 amide bonds. The van der Waals surface area contributed by atoms with Crippen LogP contribution in [0.3, 0.4) is 0 Å². The van der Waals surface area contributed by atoms with Gasteiger partial charge in [0.1, 0.15) is 9.84 Å². The van der Waals surface area contributed by atoms with Crippen LogP contribution in [0.1, 0.15) is 39.0 Å². The number of ether oxygens (including phenoxy) is 1. The molecule has 16 heavy (non-hydrogen) atoms. The Hall–Kier alpha value is -0.130. The highest BCUT2D eigenvalue weighted by molar-refractivity contribution is 7.91. The zero-order valence-electron chi connectivity index (χ0n) is 10.1. The largest absolute Gasteiger partial charge is 0.390 e. The molecule has 1 N–H and O–H groups in total. The summed E-state index contributed by atoms with van der Waals surface area (Å²) >= 11 is 0. The minimum atomic E-state index is -2.91. The summed E-state index contributed by atoms with van der Waals surface area (Å²) in [4.78, 5) is 0. The predicted octanol–water partition coefficient (Wildman–Crippen LogP) is 1.13. The number of rotatable bonds is 7. The predicted molar refractivity (Wildman–Crippen MR) is 63.2 cm³/mol. The first-order valence-electron chi connectivity index (χ1n) is 5.89. The van der Waals surface area contributed by atoms with E-state index in [1.807, 2.05) is 0 Å². The molecular weight excluding hydrogens is 228 g/mol. The van der Waals surface area contributed by atoms with Crippen LogP contribution in [-0.2, 0) is 14.6 Å². The van der Waals surface area contributed by atoms with E-state index in [4.69, 9.17) is 4.74 Å². The quantitative estimate of drug-likeness (QED) is 0.735. The molecule has 0 saturated heterocycles. The molecule has 4 nitrogen and oxygen atoms in total. The first-order chi connectivity index (χ1) is 7.46. The lowest BCUT2D eigenvalue weighted by Crippen LogP contribution is -2.50. The third-order valence-electron chi connectivity index (χ3n) is 3.59. The average Bonchev–Trinajstić information content (AvgIpc) is 2.17. The number of aliphatic hydroxyl groups excluding tert-OH is 1. The lowest BCUT2D eigenvalue weighted by molar-refractivity contribution is -0.151. The van der Waals surface area contributed by atoms with Gasteiger partial charge in [0.25, 0.3) is 0 Å². The van der Waals surface area contributed by atoms with Crippen molar-refractivity contribution in [1.29, 1.82) is 0 Å². The Morgan fingerprint density at radius 2 is 2.06 bits per heavy atom. The van der Waals surface area contributed by atoms with Crippen LogP contribution >= 0.6 is 0 Å². The van der Waals surface area contributed by atoms with Gasteiger partial charge in [0, 0.05) is 12.9 Å². The van der Waals surface area contributed by atoms with Gasteiger partial charge >= 0.3 is 0 Å². The van der Waals surface area contributed by atoms with E-state index in [1.54, 1.807) is 14.0 Å². The van der Waals surface area contributed by atoms with Crippen molar-refractivity contribution in [2.45, 2.75) is 50.7 Å². The van der Waals surface area contributed by atoms with Crippen LogP contribution < -0.4 is 0 Å². The zero-order chi connectivity index (χ0) is 12.2. The van der Waals surface area contributed by atoms with Crippen molar-refractivity contribution < 1.29 is 18.3 Å². The Morgan fingerprint density at radius 3 is 2.44 bits per heavy atom. The minimum Gasteiger partial charge on any atom is -0.390 e. The van der Waals surface area contributed by atoms with Gasteiger partial charge in [-0.05, 0) is 32.1 Å². The van der Waals surface area contributed by atoms with Gasteiger partial charge in [-0.3, -0.25) is 0 Å². The molecule has 0 aliphatic heterocycles. The first-order valence-corrected chi connectivity index (χ1v) is 7.71. The Balaban J connectivity index is 2.33. The van der Waals surface area contributed by atoms with Gasteiger partial charge in [-0.2, -0.15) is 0 Å². The molecule has 1 rings (SSSR count). The smallest absolute Gasteiger partial charge is 0.150 e. The van der Waals surface area contributed by atoms with E-state index in [9.17, 15) is 13.5 Å². The maximum atomic E-state index is 11.3. The second-order valence-electron chi connectivity index (χ2n) is 4.52. The van der Waals surface area contributed by atoms with E-state index in [0.29, 0.717) is 12.8 Å². The van der Waals surface area contributed by atoms with Crippen LogP contribution in [-0.4, -0.2) is 43.8 Å². The Kier molecular flexibility index (Phi) is 4.76. The maximum absolute atomic E-state index is 11.3. The number of aliphatic hydroxyl groups is 1. The van der Waals surface area contributed by atoms with Crippen LogP contribution in [0.5, 0.6) is 0 Å². The molecule has 96 valence electrons. The maximum Gasteiger partial charge on any atom is 0.150 e. The first kappa shape index (κ1) is 13.9. The van der Waals surface area contributed by atoms with Crippen molar-refractivity contribution in [2.75, 3.05) is 18.6 Å². The van der Waals surface area contributed by atoms with Gasteiger partial charge in [0.2, 0.25) is 0 Å². The number of hydrogen-bond acceptors (Lipinski definition) is 4. The van der Waals surface area contributed by atoms with Crippen molar-refractivity contribution in [1.82, 2.24) is 0 Å². The molecule has 0 aromatic carbocycles. The summed E-state index contributed by atoms with van der Waals surface area (Å²) in [5, 5.41) is 9.97. The van der Waals surface area contributed by atoms with Gasteiger partial charge < -0.3 is 9.84 Å². The summed E-state index contributed by atoms with van der Waals surface area (Å²) < 4.78 is 27.9. The summed E-state index contributed by atoms with van der Waals surface area (Å²) in [6.45, 7) is 1.65. The summed E-state index contributed by atoms with van der Waals surface area (Å²) in [5.41, 5.74) is -0.393. The molecule has 1 aliphatic carbocycles. The van der Waals surface area contributed by atoms with Gasteiger partial charge in [0.15, 0.2) is 0 Å². The molecule has 0 heterocycles. The molecule has 1 saturated carbocycles. The Morgan fingerprint density at radius 1 is 1.44 bits per heavy atom. The molecular formula is C11H22O4S. The van der Waals surface area contributed by atoms with Gasteiger partial charge in [0.05, 0.1) is 17.5 Å². The standard InChI is InChI=1S/C11H22O4S/c1-3-16(13,14)9-4-6-10(12)11(15-2)7-5-8-11/h10,12H,3-9H2,1-2H3. The van der Waals surface area contributed by atoms with Crippen molar-refractivity contribution >= 4 is 9.84 Å². The topological polar surface area (TPSA) is 63.6 Å². The number of sulfone groups is 1. The van der Waals surface area contributed by atoms with E-state index in [1.165, 1.54) is 0 Å². The highest BCUT2D eigenvalue weighted by Crippen LogP contribution is 2.39. The Bertz CT molecular complexity index is 300. The second-order valence-corrected chi connectivity index (χ2v) is 6.99. The van der Waals surface area contributed by atoms with E-state index in [2.05, 4.69) is 0 Å². The third-order valence-corrected chi connectivity index (χ3v) is 5.38. The minimum absolute atomic E-state index is 0.167. The number of hydrogen-bond donors (Lipinski definition) is 1. The van der Waals surface area contributed by atoms with E-state index in [-0.39, 0.29) is 11.5 Å². The highest BCUT2D eigenvalue weighted by atomic mass is 32.2. The summed E-state index contributed by atoms with van der Waals surface area (Å²) in [6, 6.07) is 0. The number of methoxy groups -OCH3 is 1. The van der Waals surface area contributed by atoms with Crippen LogP contribution in [0.25, 0.3) is 0 Å². The zero-order valence-corrected chi connectivity index (χ0v) is 10.9. The van der Waals surface area contributed by atoms with Crippen molar-refractivity contribution in [2.24, 2.45) is 0 Å². The van der Waals surface area contributed by atoms with E-state index in [0.717, 1.165) is 19.3 Å². The van der Waals surface area contributed by atoms with Crippen LogP contribution in [0.4, 0.5) is 0 Å². The molecule has 1 fully saturated rings. The fraction of sp³-hybridized carbons (Fsp3) is 1.00. The molecule has 0 spiro atoms. The van der Waals surface area contributed by atoms with Gasteiger partial charge in [-0.25, -0.2) is 8.42 Å². The van der Waals surface area contributed by atoms with Crippen molar-refractivity contribution in [3.8, 4) is 0 Å². The van der Waals surface area contributed by atoms with Crippen molar-refractivity contribution in [3.63, 3.8) is 0 Å².